The fourth-order valence-corrected chi connectivity index (χ4v) is 3.96. The van der Waals surface area contributed by atoms with Crippen molar-refractivity contribution in [1.29, 1.82) is 0 Å². The molecule has 0 radical (unpaired) electrons. The van der Waals surface area contributed by atoms with E-state index >= 15 is 0 Å². The summed E-state index contributed by atoms with van der Waals surface area (Å²) in [5.41, 5.74) is -0.337. The highest BCUT2D eigenvalue weighted by Gasteiger charge is 2.45. The van der Waals surface area contributed by atoms with Crippen LogP contribution >= 0.6 is 0 Å². The van der Waals surface area contributed by atoms with Gasteiger partial charge in [-0.25, -0.2) is 8.42 Å². The van der Waals surface area contributed by atoms with Gasteiger partial charge in [-0.1, -0.05) is 0 Å². The molecule has 2 atom stereocenters. The molecule has 0 saturated carbocycles. The van der Waals surface area contributed by atoms with Gasteiger partial charge in [0.15, 0.2) is 0 Å². The van der Waals surface area contributed by atoms with Crippen LogP contribution in [0.15, 0.2) is 12.7 Å². The Bertz CT molecular complexity index is 544. The highest BCUT2D eigenvalue weighted by molar-refractivity contribution is 7.88. The van der Waals surface area contributed by atoms with Crippen LogP contribution in [0.5, 0.6) is 0 Å². The standard InChI is InChI=1S/C11H18N4O3S/c1-19(16,17)15-4-2-3-11(7-15)5-10(6-18-11)14-8-12-13-9-14/h8-10H,2-7H2,1H3/t10-,11+/m0/s1. The fraction of sp³-hybridized carbons (Fsp3) is 0.818. The molecule has 3 heterocycles. The first-order valence-electron chi connectivity index (χ1n) is 6.42. The summed E-state index contributed by atoms with van der Waals surface area (Å²) in [5, 5.41) is 7.61. The predicted octanol–water partition coefficient (Wildman–Crippen LogP) is 0.0337. The molecule has 0 aliphatic carbocycles. The molecule has 106 valence electrons. The van der Waals surface area contributed by atoms with Crippen LogP contribution in [-0.4, -0.2) is 59.0 Å². The van der Waals surface area contributed by atoms with E-state index in [0.717, 1.165) is 19.3 Å². The third kappa shape index (κ3) is 2.52. The molecule has 3 rings (SSSR count). The summed E-state index contributed by atoms with van der Waals surface area (Å²) in [4.78, 5) is 0. The van der Waals surface area contributed by atoms with Gasteiger partial charge in [-0.15, -0.1) is 10.2 Å². The first-order chi connectivity index (χ1) is 8.99. The maximum absolute atomic E-state index is 11.7. The van der Waals surface area contributed by atoms with Crippen LogP contribution in [-0.2, 0) is 14.8 Å². The molecule has 1 aromatic rings. The number of hydrogen-bond donors (Lipinski definition) is 0. The topological polar surface area (TPSA) is 77.3 Å². The largest absolute Gasteiger partial charge is 0.371 e. The first-order valence-corrected chi connectivity index (χ1v) is 8.27. The Hall–Kier alpha value is -0.990. The lowest BCUT2D eigenvalue weighted by Gasteiger charge is -2.38. The zero-order chi connectivity index (χ0) is 13.5. The molecule has 0 bridgehead atoms. The molecule has 0 N–H and O–H groups in total. The molecule has 0 unspecified atom stereocenters. The zero-order valence-electron chi connectivity index (χ0n) is 10.9. The molecule has 1 aromatic heterocycles. The number of ether oxygens (including phenoxy) is 1. The maximum atomic E-state index is 11.7. The SMILES string of the molecule is CS(=O)(=O)N1CCC[C@@]2(C[C@H](n3cnnc3)CO2)C1. The zero-order valence-corrected chi connectivity index (χ0v) is 11.7. The second-order valence-electron chi connectivity index (χ2n) is 5.46. The minimum Gasteiger partial charge on any atom is -0.371 e. The summed E-state index contributed by atoms with van der Waals surface area (Å²) in [6, 6.07) is 0.203. The summed E-state index contributed by atoms with van der Waals surface area (Å²) in [7, 11) is -3.14. The molecule has 19 heavy (non-hydrogen) atoms. The van der Waals surface area contributed by atoms with Gasteiger partial charge < -0.3 is 9.30 Å². The predicted molar refractivity (Wildman–Crippen MR) is 68.0 cm³/mol. The second kappa shape index (κ2) is 4.53. The van der Waals surface area contributed by atoms with E-state index in [9.17, 15) is 8.42 Å². The van der Waals surface area contributed by atoms with Gasteiger partial charge in [-0.3, -0.25) is 0 Å². The summed E-state index contributed by atoms with van der Waals surface area (Å²) in [5.74, 6) is 0. The van der Waals surface area contributed by atoms with E-state index in [1.165, 1.54) is 10.6 Å². The fourth-order valence-electron chi connectivity index (χ4n) is 3.03. The van der Waals surface area contributed by atoms with Crippen LogP contribution in [0.4, 0.5) is 0 Å². The Morgan fingerprint density at radius 1 is 1.37 bits per heavy atom. The quantitative estimate of drug-likeness (QED) is 0.767. The van der Waals surface area contributed by atoms with Crippen LogP contribution in [0.25, 0.3) is 0 Å². The van der Waals surface area contributed by atoms with E-state index in [4.69, 9.17) is 4.74 Å². The molecule has 0 amide bonds. The van der Waals surface area contributed by atoms with Crippen LogP contribution in [0.2, 0.25) is 0 Å². The van der Waals surface area contributed by atoms with E-state index in [0.29, 0.717) is 19.7 Å². The van der Waals surface area contributed by atoms with Crippen LogP contribution in [0.3, 0.4) is 0 Å². The molecule has 7 nitrogen and oxygen atoms in total. The van der Waals surface area contributed by atoms with E-state index in [-0.39, 0.29) is 11.6 Å². The van der Waals surface area contributed by atoms with Crippen LogP contribution in [0, 0.1) is 0 Å². The van der Waals surface area contributed by atoms with E-state index in [1.807, 2.05) is 4.57 Å². The van der Waals surface area contributed by atoms with E-state index in [2.05, 4.69) is 10.2 Å². The molecule has 0 aromatic carbocycles. The molecule has 8 heteroatoms. The monoisotopic (exact) mass is 286 g/mol. The van der Waals surface area contributed by atoms with Gasteiger partial charge in [0, 0.05) is 19.5 Å². The van der Waals surface area contributed by atoms with Crippen molar-refractivity contribution in [3.63, 3.8) is 0 Å². The van der Waals surface area contributed by atoms with Crippen molar-refractivity contribution >= 4 is 10.0 Å². The lowest BCUT2D eigenvalue weighted by atomic mass is 9.90. The molecular weight excluding hydrogens is 268 g/mol. The number of piperidine rings is 1. The normalized spacial score (nSPS) is 33.0. The number of hydrogen-bond acceptors (Lipinski definition) is 5. The minimum absolute atomic E-state index is 0.203. The first kappa shape index (κ1) is 13.0. The summed E-state index contributed by atoms with van der Waals surface area (Å²) in [6.07, 6.45) is 7.21. The molecule has 2 aliphatic rings. The van der Waals surface area contributed by atoms with Gasteiger partial charge >= 0.3 is 0 Å². The van der Waals surface area contributed by atoms with Gasteiger partial charge in [0.25, 0.3) is 0 Å². The Kier molecular flexibility index (Phi) is 3.11. The van der Waals surface area contributed by atoms with E-state index < -0.39 is 10.0 Å². The number of nitrogens with zero attached hydrogens (tertiary/aromatic N) is 4. The summed E-state index contributed by atoms with van der Waals surface area (Å²) in [6.45, 7) is 1.65. The van der Waals surface area contributed by atoms with Gasteiger partial charge in [-0.2, -0.15) is 4.31 Å². The Morgan fingerprint density at radius 2 is 2.11 bits per heavy atom. The van der Waals surface area contributed by atoms with Gasteiger partial charge in [0.2, 0.25) is 10.0 Å². The third-order valence-corrected chi connectivity index (χ3v) is 5.27. The lowest BCUT2D eigenvalue weighted by molar-refractivity contribution is -0.0331. The average Bonchev–Trinajstić information content (AvgIpc) is 2.98. The number of sulfonamides is 1. The van der Waals surface area contributed by atoms with Crippen LogP contribution in [0.1, 0.15) is 25.3 Å². The molecule has 2 fully saturated rings. The van der Waals surface area contributed by atoms with Gasteiger partial charge in [-0.05, 0) is 12.8 Å². The molecule has 1 spiro atoms. The molecular formula is C11H18N4O3S. The molecule has 2 saturated heterocycles. The smallest absolute Gasteiger partial charge is 0.211 e. The van der Waals surface area contributed by atoms with Crippen molar-refractivity contribution in [2.24, 2.45) is 0 Å². The van der Waals surface area contributed by atoms with Gasteiger partial charge in [0.1, 0.15) is 12.7 Å². The van der Waals surface area contributed by atoms with Crippen molar-refractivity contribution < 1.29 is 13.2 Å². The Labute approximate surface area is 112 Å². The van der Waals surface area contributed by atoms with Gasteiger partial charge in [0.05, 0.1) is 24.5 Å². The van der Waals surface area contributed by atoms with Crippen molar-refractivity contribution in [2.45, 2.75) is 30.9 Å². The number of rotatable bonds is 2. The lowest BCUT2D eigenvalue weighted by Crippen LogP contribution is -2.49. The Morgan fingerprint density at radius 3 is 2.79 bits per heavy atom. The van der Waals surface area contributed by atoms with E-state index in [1.54, 1.807) is 12.7 Å². The third-order valence-electron chi connectivity index (χ3n) is 4.02. The summed E-state index contributed by atoms with van der Waals surface area (Å²) < 4.78 is 32.8. The Balaban J connectivity index is 1.75. The molecule has 2 aliphatic heterocycles. The van der Waals surface area contributed by atoms with Crippen molar-refractivity contribution in [1.82, 2.24) is 19.1 Å². The highest BCUT2D eigenvalue weighted by atomic mass is 32.2. The average molecular weight is 286 g/mol. The minimum atomic E-state index is -3.14. The maximum Gasteiger partial charge on any atom is 0.211 e. The van der Waals surface area contributed by atoms with Crippen LogP contribution < -0.4 is 0 Å². The van der Waals surface area contributed by atoms with Crippen molar-refractivity contribution in [2.75, 3.05) is 26.0 Å². The highest BCUT2D eigenvalue weighted by Crippen LogP contribution is 2.39. The van der Waals surface area contributed by atoms with Crippen molar-refractivity contribution in [3.05, 3.63) is 12.7 Å². The summed E-state index contributed by atoms with van der Waals surface area (Å²) >= 11 is 0. The number of aromatic nitrogens is 3. The van der Waals surface area contributed by atoms with Crippen molar-refractivity contribution in [3.8, 4) is 0 Å². The second-order valence-corrected chi connectivity index (χ2v) is 7.44.